The van der Waals surface area contributed by atoms with Crippen LogP contribution in [0.15, 0.2) is 63.2 Å². The minimum absolute atomic E-state index is 0.0460. The molecule has 0 fully saturated rings. The van der Waals surface area contributed by atoms with Crippen LogP contribution in [0.4, 0.5) is 0 Å². The first kappa shape index (κ1) is 22.8. The second-order valence-corrected chi connectivity index (χ2v) is 10.9. The molecular weight excluding hydrogens is 458 g/mol. The van der Waals surface area contributed by atoms with Crippen LogP contribution in [0, 0.1) is 0 Å². The largest absolute Gasteiger partial charge is 0.353 e. The molecule has 5 nitrogen and oxygen atoms in total. The predicted molar refractivity (Wildman–Crippen MR) is 136 cm³/mol. The molecule has 2 atom stereocenters. The molecule has 0 saturated carbocycles. The van der Waals surface area contributed by atoms with Gasteiger partial charge in [0.15, 0.2) is 5.16 Å². The molecule has 0 radical (unpaired) electrons. The Hall–Kier alpha value is -2.42. The molecule has 0 saturated heterocycles. The van der Waals surface area contributed by atoms with Gasteiger partial charge in [-0.15, -0.1) is 22.7 Å². The van der Waals surface area contributed by atoms with E-state index in [9.17, 15) is 9.59 Å². The van der Waals surface area contributed by atoms with Crippen molar-refractivity contribution in [2.45, 2.75) is 43.1 Å². The maximum absolute atomic E-state index is 13.1. The Morgan fingerprint density at radius 3 is 2.66 bits per heavy atom. The third-order valence-electron chi connectivity index (χ3n) is 5.31. The number of amides is 1. The smallest absolute Gasteiger partial charge is 0.263 e. The number of carbonyl (C=O) groups excluding carboxylic acids is 1. The Balaban J connectivity index is 1.44. The molecule has 8 heteroatoms. The molecule has 0 spiro atoms. The van der Waals surface area contributed by atoms with Crippen LogP contribution in [0.1, 0.15) is 25.8 Å². The number of fused-ring (bicyclic) bond motifs is 1. The van der Waals surface area contributed by atoms with E-state index in [1.54, 1.807) is 23.0 Å². The number of carbonyl (C=O) groups is 1. The summed E-state index contributed by atoms with van der Waals surface area (Å²) in [5.74, 6) is -0.0460. The van der Waals surface area contributed by atoms with Gasteiger partial charge in [0.2, 0.25) is 5.91 Å². The highest BCUT2D eigenvalue weighted by molar-refractivity contribution is 8.00. The maximum atomic E-state index is 13.1. The van der Waals surface area contributed by atoms with Gasteiger partial charge in [-0.3, -0.25) is 14.2 Å². The van der Waals surface area contributed by atoms with Gasteiger partial charge in [-0.2, -0.15) is 0 Å². The van der Waals surface area contributed by atoms with Crippen LogP contribution in [-0.2, 0) is 18.3 Å². The van der Waals surface area contributed by atoms with Gasteiger partial charge in [0.05, 0.1) is 10.6 Å². The molecule has 4 aromatic rings. The molecule has 166 valence electrons. The van der Waals surface area contributed by atoms with E-state index >= 15 is 0 Å². The molecule has 4 rings (SSSR count). The predicted octanol–water partition coefficient (Wildman–Crippen LogP) is 5.34. The average molecular weight is 484 g/mol. The lowest BCUT2D eigenvalue weighted by Gasteiger charge is -2.18. The first-order valence-electron chi connectivity index (χ1n) is 10.5. The lowest BCUT2D eigenvalue weighted by molar-refractivity contribution is -0.120. The number of hydrogen-bond donors (Lipinski definition) is 1. The van der Waals surface area contributed by atoms with Crippen molar-refractivity contribution in [3.63, 3.8) is 0 Å². The lowest BCUT2D eigenvalue weighted by Crippen LogP contribution is -2.38. The zero-order valence-electron chi connectivity index (χ0n) is 18.2. The SMILES string of the molecule is CC(CCc1ccccc1)NC(=O)C(C)Sc1nc2scc(-c3cccs3)c2c(=O)n1C. The minimum Gasteiger partial charge on any atom is -0.353 e. The summed E-state index contributed by atoms with van der Waals surface area (Å²) in [6.45, 7) is 3.88. The van der Waals surface area contributed by atoms with Gasteiger partial charge in [0.25, 0.3) is 5.56 Å². The van der Waals surface area contributed by atoms with E-state index in [4.69, 9.17) is 4.98 Å². The van der Waals surface area contributed by atoms with Crippen molar-refractivity contribution in [2.75, 3.05) is 0 Å². The van der Waals surface area contributed by atoms with Crippen molar-refractivity contribution in [3.8, 4) is 10.4 Å². The van der Waals surface area contributed by atoms with Crippen molar-refractivity contribution in [1.29, 1.82) is 0 Å². The van der Waals surface area contributed by atoms with Crippen molar-refractivity contribution < 1.29 is 4.79 Å². The van der Waals surface area contributed by atoms with E-state index in [-0.39, 0.29) is 22.8 Å². The molecule has 0 aliphatic rings. The fourth-order valence-corrected chi connectivity index (χ4v) is 6.13. The van der Waals surface area contributed by atoms with Crippen molar-refractivity contribution in [1.82, 2.24) is 14.9 Å². The summed E-state index contributed by atoms with van der Waals surface area (Å²) in [6, 6.07) is 14.3. The van der Waals surface area contributed by atoms with Gasteiger partial charge >= 0.3 is 0 Å². The number of aromatic nitrogens is 2. The Bertz CT molecular complexity index is 1260. The van der Waals surface area contributed by atoms with Crippen LogP contribution in [0.2, 0.25) is 0 Å². The van der Waals surface area contributed by atoms with Crippen LogP contribution in [0.3, 0.4) is 0 Å². The summed E-state index contributed by atoms with van der Waals surface area (Å²) >= 11 is 4.40. The summed E-state index contributed by atoms with van der Waals surface area (Å²) in [4.78, 5) is 32.3. The number of thiophene rings is 2. The third kappa shape index (κ3) is 4.98. The topological polar surface area (TPSA) is 64.0 Å². The Labute approximate surface area is 199 Å². The van der Waals surface area contributed by atoms with Crippen LogP contribution in [0.5, 0.6) is 0 Å². The Kier molecular flexibility index (Phi) is 7.13. The van der Waals surface area contributed by atoms with Gasteiger partial charge in [-0.05, 0) is 43.7 Å². The van der Waals surface area contributed by atoms with Gasteiger partial charge in [0.1, 0.15) is 4.83 Å². The molecule has 0 aliphatic carbocycles. The summed E-state index contributed by atoms with van der Waals surface area (Å²) in [5.41, 5.74) is 2.12. The van der Waals surface area contributed by atoms with Crippen molar-refractivity contribution in [3.05, 3.63) is 69.1 Å². The number of nitrogens with one attached hydrogen (secondary N) is 1. The van der Waals surface area contributed by atoms with Gasteiger partial charge in [-0.1, -0.05) is 48.2 Å². The fourth-order valence-electron chi connectivity index (χ4n) is 3.44. The van der Waals surface area contributed by atoms with E-state index in [0.29, 0.717) is 15.4 Å². The van der Waals surface area contributed by atoms with E-state index in [2.05, 4.69) is 17.4 Å². The summed E-state index contributed by atoms with van der Waals surface area (Å²) in [6.07, 6.45) is 1.79. The lowest BCUT2D eigenvalue weighted by atomic mass is 10.1. The molecule has 1 N–H and O–H groups in total. The zero-order chi connectivity index (χ0) is 22.7. The van der Waals surface area contributed by atoms with Crippen molar-refractivity contribution >= 4 is 50.6 Å². The van der Waals surface area contributed by atoms with Gasteiger partial charge < -0.3 is 5.32 Å². The highest BCUT2D eigenvalue weighted by atomic mass is 32.2. The molecule has 1 amide bonds. The van der Waals surface area contributed by atoms with Crippen molar-refractivity contribution in [2.24, 2.45) is 7.05 Å². The Morgan fingerprint density at radius 1 is 1.16 bits per heavy atom. The number of benzene rings is 1. The highest BCUT2D eigenvalue weighted by Gasteiger charge is 2.21. The van der Waals surface area contributed by atoms with Gasteiger partial charge in [-0.25, -0.2) is 4.98 Å². The number of aryl methyl sites for hydroxylation is 1. The van der Waals surface area contributed by atoms with Crippen LogP contribution >= 0.6 is 34.4 Å². The second kappa shape index (κ2) is 10.0. The summed E-state index contributed by atoms with van der Waals surface area (Å²) in [7, 11) is 1.72. The van der Waals surface area contributed by atoms with Gasteiger partial charge in [0, 0.05) is 28.9 Å². The monoisotopic (exact) mass is 483 g/mol. The first-order valence-corrected chi connectivity index (χ1v) is 13.1. The summed E-state index contributed by atoms with van der Waals surface area (Å²) < 4.78 is 1.55. The molecule has 3 heterocycles. The number of nitrogens with zero attached hydrogens (tertiary/aromatic N) is 2. The van der Waals surface area contributed by atoms with E-state index in [1.807, 2.05) is 54.9 Å². The molecule has 0 bridgehead atoms. The third-order valence-corrected chi connectivity index (χ3v) is 8.23. The maximum Gasteiger partial charge on any atom is 0.263 e. The van der Waals surface area contributed by atoms with E-state index in [0.717, 1.165) is 23.3 Å². The molecule has 32 heavy (non-hydrogen) atoms. The Morgan fingerprint density at radius 2 is 1.94 bits per heavy atom. The van der Waals surface area contributed by atoms with Crippen LogP contribution in [-0.4, -0.2) is 26.8 Å². The normalized spacial score (nSPS) is 13.2. The van der Waals surface area contributed by atoms with Crippen LogP contribution in [0.25, 0.3) is 20.7 Å². The van der Waals surface area contributed by atoms with Crippen LogP contribution < -0.4 is 10.9 Å². The zero-order valence-corrected chi connectivity index (χ0v) is 20.7. The minimum atomic E-state index is -0.360. The second-order valence-electron chi connectivity index (χ2n) is 7.76. The standard InChI is InChI=1S/C24H25N3O2S3/c1-15(11-12-17-8-5-4-6-9-17)25-21(28)16(2)32-24-26-22-20(23(29)27(24)3)18(14-31-22)19-10-7-13-30-19/h4-10,13-16H,11-12H2,1-3H3,(H,25,28). The molecule has 3 aromatic heterocycles. The number of rotatable bonds is 8. The highest BCUT2D eigenvalue weighted by Crippen LogP contribution is 2.34. The summed E-state index contributed by atoms with van der Waals surface area (Å²) in [5, 5.41) is 7.93. The first-order chi connectivity index (χ1) is 15.4. The molecule has 1 aromatic carbocycles. The quantitative estimate of drug-likeness (QED) is 0.271. The van der Waals surface area contributed by atoms with E-state index in [1.165, 1.54) is 28.7 Å². The average Bonchev–Trinajstić information content (AvgIpc) is 3.46. The molecule has 0 aliphatic heterocycles. The number of thioether (sulfide) groups is 1. The fraction of sp³-hybridized carbons (Fsp3) is 0.292. The van der Waals surface area contributed by atoms with E-state index < -0.39 is 0 Å². The number of hydrogen-bond acceptors (Lipinski definition) is 6. The molecule has 2 unspecified atom stereocenters. The molecular formula is C24H25N3O2S3.